The third-order valence-electron chi connectivity index (χ3n) is 1.42. The molecule has 0 spiro atoms. The lowest BCUT2D eigenvalue weighted by molar-refractivity contribution is 0.415. The number of benzene rings is 1. The summed E-state index contributed by atoms with van der Waals surface area (Å²) < 4.78 is 5.52. The Morgan fingerprint density at radius 2 is 2.25 bits per heavy atom. The molecule has 0 amide bonds. The molecule has 0 aliphatic rings. The molecule has 0 aliphatic carbocycles. The van der Waals surface area contributed by atoms with Crippen molar-refractivity contribution in [1.82, 2.24) is 0 Å². The van der Waals surface area contributed by atoms with Crippen LogP contribution in [0.3, 0.4) is 0 Å². The van der Waals surface area contributed by atoms with Gasteiger partial charge in [-0.1, -0.05) is 0 Å². The van der Waals surface area contributed by atoms with Gasteiger partial charge in [-0.2, -0.15) is 0 Å². The van der Waals surface area contributed by atoms with Crippen LogP contribution in [-0.2, 0) is 0 Å². The normalized spacial score (nSPS) is 9.50. The Labute approximate surface area is 77.8 Å². The van der Waals surface area contributed by atoms with Crippen molar-refractivity contribution in [3.8, 4) is 5.75 Å². The number of hydrogen-bond acceptors (Lipinski definition) is 4. The van der Waals surface area contributed by atoms with Gasteiger partial charge >= 0.3 is 0 Å². The van der Waals surface area contributed by atoms with Gasteiger partial charge in [0.25, 0.3) is 0 Å². The second-order valence-corrected chi connectivity index (χ2v) is 2.99. The molecule has 1 aromatic rings. The van der Waals surface area contributed by atoms with Crippen LogP contribution in [0.2, 0.25) is 0 Å². The fraction of sp³-hybridized carbons (Fsp3) is 0.143. The van der Waals surface area contributed by atoms with Crippen LogP contribution in [0.5, 0.6) is 5.75 Å². The maximum atomic E-state index is 10.2. The van der Waals surface area contributed by atoms with Crippen molar-refractivity contribution in [2.45, 2.75) is 0 Å². The molecule has 2 N–H and O–H groups in total. The van der Waals surface area contributed by atoms with Crippen molar-refractivity contribution in [2.24, 2.45) is 5.18 Å². The van der Waals surface area contributed by atoms with Crippen molar-refractivity contribution in [1.29, 1.82) is 0 Å². The van der Waals surface area contributed by atoms with Crippen LogP contribution in [0.15, 0.2) is 21.8 Å². The second kappa shape index (κ2) is 3.53. The highest BCUT2D eigenvalue weighted by Gasteiger charge is 2.06. The zero-order valence-corrected chi connectivity index (χ0v) is 7.96. The lowest BCUT2D eigenvalue weighted by atomic mass is 10.2. The van der Waals surface area contributed by atoms with E-state index in [-0.39, 0.29) is 5.69 Å². The van der Waals surface area contributed by atoms with Crippen molar-refractivity contribution < 1.29 is 4.74 Å². The summed E-state index contributed by atoms with van der Waals surface area (Å²) in [4.78, 5) is 10.2. The third kappa shape index (κ3) is 1.55. The summed E-state index contributed by atoms with van der Waals surface area (Å²) >= 11 is 3.17. The summed E-state index contributed by atoms with van der Waals surface area (Å²) in [5.41, 5.74) is 6.03. The average molecular weight is 231 g/mol. The fourth-order valence-corrected chi connectivity index (χ4v) is 1.20. The minimum atomic E-state index is 0.182. The van der Waals surface area contributed by atoms with E-state index in [2.05, 4.69) is 21.1 Å². The first-order valence-electron chi connectivity index (χ1n) is 3.15. The van der Waals surface area contributed by atoms with Gasteiger partial charge in [0.15, 0.2) is 0 Å². The van der Waals surface area contributed by atoms with Gasteiger partial charge in [0.2, 0.25) is 0 Å². The largest absolute Gasteiger partial charge is 0.497 e. The predicted molar refractivity (Wildman–Crippen MR) is 50.6 cm³/mol. The molecule has 1 aromatic carbocycles. The zero-order valence-electron chi connectivity index (χ0n) is 6.37. The van der Waals surface area contributed by atoms with Crippen LogP contribution in [-0.4, -0.2) is 7.11 Å². The average Bonchev–Trinajstić information content (AvgIpc) is 2.09. The second-order valence-electron chi connectivity index (χ2n) is 2.13. The number of hydrogen-bond donors (Lipinski definition) is 1. The van der Waals surface area contributed by atoms with Gasteiger partial charge in [-0.05, 0) is 27.2 Å². The molecule has 4 nitrogen and oxygen atoms in total. The quantitative estimate of drug-likeness (QED) is 0.627. The van der Waals surface area contributed by atoms with E-state index in [0.717, 1.165) is 0 Å². The molecule has 12 heavy (non-hydrogen) atoms. The Morgan fingerprint density at radius 3 is 2.75 bits per heavy atom. The molecule has 0 unspecified atom stereocenters. The standard InChI is InChI=1S/C7H7BrN2O2/c1-12-4-2-5(8)7(9)6(3-4)10-11/h2-3H,9H2,1H3. The van der Waals surface area contributed by atoms with Crippen LogP contribution in [0.4, 0.5) is 11.4 Å². The van der Waals surface area contributed by atoms with Gasteiger partial charge in [-0.15, -0.1) is 4.91 Å². The van der Waals surface area contributed by atoms with Crippen molar-refractivity contribution >= 4 is 27.3 Å². The molecule has 0 aliphatic heterocycles. The van der Waals surface area contributed by atoms with E-state index in [0.29, 0.717) is 15.9 Å². The summed E-state index contributed by atoms with van der Waals surface area (Å²) in [6.45, 7) is 0. The Hall–Kier alpha value is -1.10. The lowest BCUT2D eigenvalue weighted by Crippen LogP contribution is -1.89. The lowest BCUT2D eigenvalue weighted by Gasteiger charge is -2.04. The summed E-state index contributed by atoms with van der Waals surface area (Å²) in [6.07, 6.45) is 0. The van der Waals surface area contributed by atoms with Crippen LogP contribution in [0.25, 0.3) is 0 Å². The molecule has 64 valence electrons. The smallest absolute Gasteiger partial charge is 0.135 e. The molecule has 5 heteroatoms. The molecular weight excluding hydrogens is 224 g/mol. The van der Waals surface area contributed by atoms with E-state index in [1.54, 1.807) is 6.07 Å². The van der Waals surface area contributed by atoms with Gasteiger partial charge in [0.1, 0.15) is 11.4 Å². The van der Waals surface area contributed by atoms with Gasteiger partial charge in [-0.25, -0.2) is 0 Å². The van der Waals surface area contributed by atoms with Gasteiger partial charge in [0.05, 0.1) is 12.8 Å². The summed E-state index contributed by atoms with van der Waals surface area (Å²) in [5.74, 6) is 0.547. The minimum Gasteiger partial charge on any atom is -0.497 e. The molecule has 0 saturated carbocycles. The van der Waals surface area contributed by atoms with E-state index in [1.807, 2.05) is 0 Å². The number of nitrogen functional groups attached to an aromatic ring is 1. The number of methoxy groups -OCH3 is 1. The van der Waals surface area contributed by atoms with Crippen molar-refractivity contribution in [2.75, 3.05) is 12.8 Å². The first-order chi connectivity index (χ1) is 5.69. The maximum Gasteiger partial charge on any atom is 0.135 e. The maximum absolute atomic E-state index is 10.2. The summed E-state index contributed by atoms with van der Waals surface area (Å²) in [6, 6.07) is 3.15. The van der Waals surface area contributed by atoms with Gasteiger partial charge in [-0.3, -0.25) is 0 Å². The number of nitrogens with zero attached hydrogens (tertiary/aromatic N) is 1. The van der Waals surface area contributed by atoms with Crippen LogP contribution in [0, 0.1) is 4.91 Å². The van der Waals surface area contributed by atoms with Crippen LogP contribution >= 0.6 is 15.9 Å². The fourth-order valence-electron chi connectivity index (χ4n) is 0.773. The number of rotatable bonds is 2. The first-order valence-corrected chi connectivity index (χ1v) is 3.94. The van der Waals surface area contributed by atoms with E-state index in [4.69, 9.17) is 10.5 Å². The van der Waals surface area contributed by atoms with Gasteiger partial charge < -0.3 is 10.5 Å². The van der Waals surface area contributed by atoms with E-state index in [9.17, 15) is 4.91 Å². The predicted octanol–water partition coefficient (Wildman–Crippen LogP) is 2.44. The Bertz CT molecular complexity index is 315. The Balaban J connectivity index is 3.28. The molecule has 0 bridgehead atoms. The molecule has 0 saturated heterocycles. The van der Waals surface area contributed by atoms with E-state index in [1.165, 1.54) is 13.2 Å². The highest BCUT2D eigenvalue weighted by atomic mass is 79.9. The van der Waals surface area contributed by atoms with E-state index >= 15 is 0 Å². The number of ether oxygens (including phenoxy) is 1. The Kier molecular flexibility index (Phi) is 2.65. The molecule has 1 rings (SSSR count). The number of nitrogens with two attached hydrogens (primary N) is 1. The minimum absolute atomic E-state index is 0.182. The SMILES string of the molecule is COc1cc(Br)c(N)c(N=O)c1. The summed E-state index contributed by atoms with van der Waals surface area (Å²) in [7, 11) is 1.51. The molecular formula is C7H7BrN2O2. The molecule has 0 atom stereocenters. The molecule has 0 aromatic heterocycles. The highest BCUT2D eigenvalue weighted by Crippen LogP contribution is 2.34. The number of nitroso groups, excluding NO2 is 1. The Morgan fingerprint density at radius 1 is 1.58 bits per heavy atom. The monoisotopic (exact) mass is 230 g/mol. The van der Waals surface area contributed by atoms with Gasteiger partial charge in [0, 0.05) is 10.5 Å². The van der Waals surface area contributed by atoms with Crippen molar-refractivity contribution in [3.05, 3.63) is 21.5 Å². The molecule has 0 fully saturated rings. The highest BCUT2D eigenvalue weighted by molar-refractivity contribution is 9.10. The molecule has 0 radical (unpaired) electrons. The van der Waals surface area contributed by atoms with Crippen LogP contribution < -0.4 is 10.5 Å². The third-order valence-corrected chi connectivity index (χ3v) is 2.07. The topological polar surface area (TPSA) is 64.7 Å². The zero-order chi connectivity index (χ0) is 9.14. The number of anilines is 1. The van der Waals surface area contributed by atoms with E-state index < -0.39 is 0 Å². The first kappa shape index (κ1) is 8.99. The van der Waals surface area contributed by atoms with Crippen LogP contribution in [0.1, 0.15) is 0 Å². The van der Waals surface area contributed by atoms with Crippen molar-refractivity contribution in [3.63, 3.8) is 0 Å². The molecule has 0 heterocycles. The summed E-state index contributed by atoms with van der Waals surface area (Å²) in [5, 5.41) is 2.75. The number of halogens is 1.